The highest BCUT2D eigenvalue weighted by molar-refractivity contribution is 5.63. The van der Waals surface area contributed by atoms with E-state index in [4.69, 9.17) is 4.98 Å². The highest BCUT2D eigenvalue weighted by Crippen LogP contribution is 2.49. The number of rotatable bonds is 6. The van der Waals surface area contributed by atoms with Crippen molar-refractivity contribution in [2.75, 3.05) is 25.0 Å². The Morgan fingerprint density at radius 1 is 1.28 bits per heavy atom. The highest BCUT2D eigenvalue weighted by atomic mass is 16.3. The van der Waals surface area contributed by atoms with Gasteiger partial charge in [-0.05, 0) is 47.6 Å². The van der Waals surface area contributed by atoms with Crippen LogP contribution in [0, 0.1) is 5.92 Å². The van der Waals surface area contributed by atoms with E-state index < -0.39 is 0 Å². The topological polar surface area (TPSA) is 94.7 Å². The number of pyridine rings is 2. The van der Waals surface area contributed by atoms with Crippen LogP contribution in [0.15, 0.2) is 36.7 Å². The SMILES string of the molecule is CC1(c2cn3c(-c4cccc(N[C@H]5CNC[C@@H]5CO)n4)cnc3cc2CO)CC1. The molecule has 1 aliphatic heterocycles. The predicted octanol–water partition coefficient (Wildman–Crippen LogP) is 1.93. The Balaban J connectivity index is 1.51. The summed E-state index contributed by atoms with van der Waals surface area (Å²) in [5, 5.41) is 26.1. The van der Waals surface area contributed by atoms with Gasteiger partial charge in [0.1, 0.15) is 11.5 Å². The zero-order valence-electron chi connectivity index (χ0n) is 16.6. The molecule has 0 bridgehead atoms. The molecule has 0 radical (unpaired) electrons. The number of aromatic nitrogens is 3. The van der Waals surface area contributed by atoms with E-state index in [9.17, 15) is 10.2 Å². The van der Waals surface area contributed by atoms with Crippen molar-refractivity contribution in [1.82, 2.24) is 19.7 Å². The molecule has 1 saturated carbocycles. The molecular formula is C22H27N5O2. The summed E-state index contributed by atoms with van der Waals surface area (Å²) in [6.07, 6.45) is 6.26. The fraction of sp³-hybridized carbons (Fsp3) is 0.455. The molecule has 152 valence electrons. The molecule has 5 rings (SSSR count). The number of nitrogens with zero attached hydrogens (tertiary/aromatic N) is 3. The normalized spacial score (nSPS) is 22.9. The minimum atomic E-state index is 0.0305. The highest BCUT2D eigenvalue weighted by Gasteiger charge is 2.41. The largest absolute Gasteiger partial charge is 0.396 e. The third kappa shape index (κ3) is 3.29. The van der Waals surface area contributed by atoms with Gasteiger partial charge in [-0.15, -0.1) is 0 Å². The van der Waals surface area contributed by atoms with Crippen LogP contribution >= 0.6 is 0 Å². The van der Waals surface area contributed by atoms with Crippen LogP contribution in [-0.4, -0.2) is 50.3 Å². The van der Waals surface area contributed by atoms with E-state index in [1.807, 2.05) is 30.5 Å². The van der Waals surface area contributed by atoms with Gasteiger partial charge in [-0.2, -0.15) is 0 Å². The predicted molar refractivity (Wildman–Crippen MR) is 112 cm³/mol. The van der Waals surface area contributed by atoms with Gasteiger partial charge in [0.2, 0.25) is 0 Å². The minimum absolute atomic E-state index is 0.0305. The van der Waals surface area contributed by atoms with Gasteiger partial charge in [0.15, 0.2) is 0 Å². The minimum Gasteiger partial charge on any atom is -0.396 e. The smallest absolute Gasteiger partial charge is 0.137 e. The second-order valence-electron chi connectivity index (χ2n) is 8.56. The van der Waals surface area contributed by atoms with Crippen molar-refractivity contribution in [2.24, 2.45) is 5.92 Å². The Hall–Kier alpha value is -2.48. The average Bonchev–Trinajstić information content (AvgIpc) is 3.15. The molecule has 7 heteroatoms. The molecule has 0 unspecified atom stereocenters. The Morgan fingerprint density at radius 2 is 2.14 bits per heavy atom. The van der Waals surface area contributed by atoms with Crippen LogP contribution in [0.1, 0.15) is 30.9 Å². The van der Waals surface area contributed by atoms with Gasteiger partial charge in [0.25, 0.3) is 0 Å². The first-order valence-electron chi connectivity index (χ1n) is 10.3. The lowest BCUT2D eigenvalue weighted by atomic mass is 9.95. The van der Waals surface area contributed by atoms with Crippen molar-refractivity contribution in [3.63, 3.8) is 0 Å². The van der Waals surface area contributed by atoms with Crippen LogP contribution in [0.4, 0.5) is 5.82 Å². The fourth-order valence-electron chi connectivity index (χ4n) is 4.33. The maximum absolute atomic E-state index is 9.83. The van der Waals surface area contributed by atoms with E-state index >= 15 is 0 Å². The summed E-state index contributed by atoms with van der Waals surface area (Å²) < 4.78 is 2.08. The first-order chi connectivity index (χ1) is 14.1. The maximum Gasteiger partial charge on any atom is 0.137 e. The number of hydrogen-bond donors (Lipinski definition) is 4. The standard InChI is InChI=1S/C22H27N5O2/c1-22(5-6-22)16-11-27-19(10-24-21(27)7-14(16)12-28)17-3-2-4-20(25-17)26-18-9-23-8-15(18)13-29/h2-4,7,10-11,15,18,23,28-29H,5-6,8-9,12-13H2,1H3,(H,25,26)/t15-,18+/m1/s1. The fourth-order valence-corrected chi connectivity index (χ4v) is 4.33. The van der Waals surface area contributed by atoms with Crippen LogP contribution in [0.3, 0.4) is 0 Å². The first-order valence-corrected chi connectivity index (χ1v) is 10.3. The summed E-state index contributed by atoms with van der Waals surface area (Å²) in [4.78, 5) is 9.37. The molecule has 1 saturated heterocycles. The van der Waals surface area contributed by atoms with Crippen LogP contribution in [-0.2, 0) is 12.0 Å². The number of fused-ring (bicyclic) bond motifs is 1. The van der Waals surface area contributed by atoms with Crippen molar-refractivity contribution < 1.29 is 10.2 Å². The van der Waals surface area contributed by atoms with Gasteiger partial charge in [0, 0.05) is 37.9 Å². The average molecular weight is 393 g/mol. The van der Waals surface area contributed by atoms with E-state index in [2.05, 4.69) is 33.1 Å². The van der Waals surface area contributed by atoms with Gasteiger partial charge in [-0.25, -0.2) is 9.97 Å². The summed E-state index contributed by atoms with van der Waals surface area (Å²) in [6, 6.07) is 8.09. The van der Waals surface area contributed by atoms with Gasteiger partial charge in [-0.1, -0.05) is 13.0 Å². The molecule has 29 heavy (non-hydrogen) atoms. The molecule has 7 nitrogen and oxygen atoms in total. The lowest BCUT2D eigenvalue weighted by Gasteiger charge is -2.19. The van der Waals surface area contributed by atoms with E-state index in [0.717, 1.165) is 54.3 Å². The number of aliphatic hydroxyl groups excluding tert-OH is 2. The summed E-state index contributed by atoms with van der Waals surface area (Å²) in [7, 11) is 0. The summed E-state index contributed by atoms with van der Waals surface area (Å²) in [5.74, 6) is 0.987. The van der Waals surface area contributed by atoms with Gasteiger partial charge < -0.3 is 20.8 Å². The molecule has 0 aromatic carbocycles. The Morgan fingerprint density at radius 3 is 2.90 bits per heavy atom. The van der Waals surface area contributed by atoms with Crippen molar-refractivity contribution in [1.29, 1.82) is 0 Å². The second-order valence-corrected chi connectivity index (χ2v) is 8.56. The number of anilines is 1. The van der Waals surface area contributed by atoms with E-state index in [1.54, 1.807) is 0 Å². The lowest BCUT2D eigenvalue weighted by Crippen LogP contribution is -2.30. The number of hydrogen-bond acceptors (Lipinski definition) is 6. The molecule has 2 atom stereocenters. The van der Waals surface area contributed by atoms with Gasteiger partial charge >= 0.3 is 0 Å². The molecule has 4 heterocycles. The molecule has 3 aromatic heterocycles. The Labute approximate surface area is 169 Å². The molecule has 2 fully saturated rings. The first kappa shape index (κ1) is 18.5. The molecule has 1 aliphatic carbocycles. The van der Waals surface area contributed by atoms with Crippen molar-refractivity contribution >= 4 is 11.5 Å². The molecule has 3 aromatic rings. The van der Waals surface area contributed by atoms with Gasteiger partial charge in [-0.3, -0.25) is 4.40 Å². The second kappa shape index (κ2) is 7.09. The van der Waals surface area contributed by atoms with Gasteiger partial charge in [0.05, 0.1) is 24.2 Å². The number of imidazole rings is 1. The number of nitrogens with one attached hydrogen (secondary N) is 2. The van der Waals surface area contributed by atoms with Crippen LogP contribution in [0.5, 0.6) is 0 Å². The quantitative estimate of drug-likeness (QED) is 0.511. The molecule has 0 spiro atoms. The zero-order chi connectivity index (χ0) is 20.0. The van der Waals surface area contributed by atoms with E-state index in [-0.39, 0.29) is 30.6 Å². The van der Waals surface area contributed by atoms with Crippen molar-refractivity contribution in [3.8, 4) is 11.4 Å². The Kier molecular flexibility index (Phi) is 4.53. The Bertz CT molecular complexity index is 1040. The zero-order valence-corrected chi connectivity index (χ0v) is 16.6. The molecule has 4 N–H and O–H groups in total. The monoisotopic (exact) mass is 393 g/mol. The summed E-state index contributed by atoms with van der Waals surface area (Å²) >= 11 is 0. The van der Waals surface area contributed by atoms with Crippen LogP contribution in [0.2, 0.25) is 0 Å². The summed E-state index contributed by atoms with van der Waals surface area (Å²) in [5.41, 5.74) is 4.90. The summed E-state index contributed by atoms with van der Waals surface area (Å²) in [6.45, 7) is 4.07. The third-order valence-electron chi connectivity index (χ3n) is 6.47. The van der Waals surface area contributed by atoms with Crippen molar-refractivity contribution in [3.05, 3.63) is 47.8 Å². The van der Waals surface area contributed by atoms with E-state index in [0.29, 0.717) is 0 Å². The molecular weight excluding hydrogens is 366 g/mol. The molecule has 2 aliphatic rings. The van der Waals surface area contributed by atoms with Crippen LogP contribution in [0.25, 0.3) is 17.0 Å². The van der Waals surface area contributed by atoms with E-state index in [1.165, 1.54) is 5.56 Å². The third-order valence-corrected chi connectivity index (χ3v) is 6.47. The maximum atomic E-state index is 9.83. The van der Waals surface area contributed by atoms with Crippen LogP contribution < -0.4 is 10.6 Å². The number of aliphatic hydroxyl groups is 2. The van der Waals surface area contributed by atoms with Crippen molar-refractivity contribution in [2.45, 2.75) is 37.8 Å². The molecule has 0 amide bonds. The lowest BCUT2D eigenvalue weighted by molar-refractivity contribution is 0.231.